The number of halogens is 3. The number of hydrogen-bond acceptors (Lipinski definition) is 4. The van der Waals surface area contributed by atoms with Crippen LogP contribution in [0.15, 0.2) is 29.4 Å². The maximum Gasteiger partial charge on any atom is 0.417 e. The fourth-order valence-corrected chi connectivity index (χ4v) is 1.12. The van der Waals surface area contributed by atoms with Crippen molar-refractivity contribution < 1.29 is 28.2 Å². The SMILES string of the molecule is CC(=NO)c1ccc(OCC(O)C(F)(F)F)cc1. The molecule has 0 saturated carbocycles. The van der Waals surface area contributed by atoms with E-state index >= 15 is 0 Å². The molecular weight excluding hydrogens is 251 g/mol. The van der Waals surface area contributed by atoms with Crippen molar-refractivity contribution in [3.05, 3.63) is 29.8 Å². The van der Waals surface area contributed by atoms with E-state index in [1.807, 2.05) is 0 Å². The van der Waals surface area contributed by atoms with Gasteiger partial charge in [0.25, 0.3) is 0 Å². The van der Waals surface area contributed by atoms with E-state index in [1.165, 1.54) is 24.3 Å². The summed E-state index contributed by atoms with van der Waals surface area (Å²) in [6.07, 6.45) is -7.21. The zero-order valence-electron chi connectivity index (χ0n) is 9.48. The normalized spacial score (nSPS) is 14.4. The van der Waals surface area contributed by atoms with Crippen molar-refractivity contribution >= 4 is 5.71 Å². The lowest BCUT2D eigenvalue weighted by molar-refractivity contribution is -0.210. The lowest BCUT2D eigenvalue weighted by Gasteiger charge is -2.15. The molecule has 1 unspecified atom stereocenters. The Morgan fingerprint density at radius 3 is 2.33 bits per heavy atom. The van der Waals surface area contributed by atoms with Crippen molar-refractivity contribution in [1.82, 2.24) is 0 Å². The summed E-state index contributed by atoms with van der Waals surface area (Å²) < 4.78 is 40.8. The van der Waals surface area contributed by atoms with Gasteiger partial charge in [-0.05, 0) is 36.8 Å². The first kappa shape index (κ1) is 14.3. The van der Waals surface area contributed by atoms with Crippen LogP contribution in [0.5, 0.6) is 5.75 Å². The van der Waals surface area contributed by atoms with Crippen LogP contribution in [0.3, 0.4) is 0 Å². The second-order valence-corrected chi connectivity index (χ2v) is 3.58. The van der Waals surface area contributed by atoms with E-state index in [4.69, 9.17) is 15.1 Å². The van der Waals surface area contributed by atoms with Crippen LogP contribution in [0.2, 0.25) is 0 Å². The Labute approximate surface area is 101 Å². The van der Waals surface area contributed by atoms with Crippen LogP contribution >= 0.6 is 0 Å². The molecule has 0 radical (unpaired) electrons. The minimum absolute atomic E-state index is 0.188. The molecule has 1 rings (SSSR count). The van der Waals surface area contributed by atoms with Gasteiger partial charge in [-0.1, -0.05) is 5.16 Å². The van der Waals surface area contributed by atoms with Gasteiger partial charge in [-0.3, -0.25) is 0 Å². The summed E-state index contributed by atoms with van der Waals surface area (Å²) >= 11 is 0. The third-order valence-corrected chi connectivity index (χ3v) is 2.21. The number of ether oxygens (including phenoxy) is 1. The Kier molecular flexibility index (Phi) is 4.55. The molecule has 0 aliphatic rings. The average Bonchev–Trinajstić information content (AvgIpc) is 2.34. The summed E-state index contributed by atoms with van der Waals surface area (Å²) in [5.41, 5.74) is 0.984. The average molecular weight is 263 g/mol. The number of oxime groups is 1. The summed E-state index contributed by atoms with van der Waals surface area (Å²) in [5, 5.41) is 20.2. The number of alkyl halides is 3. The first-order chi connectivity index (χ1) is 8.34. The van der Waals surface area contributed by atoms with Crippen molar-refractivity contribution in [2.24, 2.45) is 5.16 Å². The highest BCUT2D eigenvalue weighted by molar-refractivity contribution is 5.98. The third kappa shape index (κ3) is 3.92. The Morgan fingerprint density at radius 1 is 1.33 bits per heavy atom. The van der Waals surface area contributed by atoms with Crippen LogP contribution in [-0.4, -0.2) is 34.9 Å². The van der Waals surface area contributed by atoms with Crippen molar-refractivity contribution in [1.29, 1.82) is 0 Å². The molecule has 2 N–H and O–H groups in total. The minimum atomic E-state index is -4.69. The second kappa shape index (κ2) is 5.72. The van der Waals surface area contributed by atoms with E-state index in [1.54, 1.807) is 6.92 Å². The predicted octanol–water partition coefficient (Wildman–Crippen LogP) is 2.19. The van der Waals surface area contributed by atoms with E-state index < -0.39 is 18.9 Å². The molecule has 0 aromatic heterocycles. The topological polar surface area (TPSA) is 62.1 Å². The standard InChI is InChI=1S/C11H12F3NO3/c1-7(15-17)8-2-4-9(5-3-8)18-6-10(16)11(12,13)14/h2-5,10,16-17H,6H2,1H3. The molecule has 0 spiro atoms. The summed E-state index contributed by atoms with van der Waals surface area (Å²) in [5.74, 6) is 0.188. The van der Waals surface area contributed by atoms with Crippen LogP contribution in [-0.2, 0) is 0 Å². The van der Waals surface area contributed by atoms with Gasteiger partial charge in [0, 0.05) is 0 Å². The Bertz CT molecular complexity index is 415. The highest BCUT2D eigenvalue weighted by Crippen LogP contribution is 2.21. The lowest BCUT2D eigenvalue weighted by atomic mass is 10.1. The van der Waals surface area contributed by atoms with Crippen molar-refractivity contribution in [3.63, 3.8) is 0 Å². The van der Waals surface area contributed by atoms with Crippen molar-refractivity contribution in [2.45, 2.75) is 19.2 Å². The van der Waals surface area contributed by atoms with Crippen LogP contribution in [0.25, 0.3) is 0 Å². The zero-order valence-corrected chi connectivity index (χ0v) is 9.48. The van der Waals surface area contributed by atoms with E-state index in [2.05, 4.69) is 5.16 Å². The van der Waals surface area contributed by atoms with E-state index in [-0.39, 0.29) is 5.75 Å². The molecule has 1 aromatic carbocycles. The van der Waals surface area contributed by atoms with Crippen molar-refractivity contribution in [2.75, 3.05) is 6.61 Å². The third-order valence-electron chi connectivity index (χ3n) is 2.21. The quantitative estimate of drug-likeness (QED) is 0.497. The van der Waals surface area contributed by atoms with Gasteiger partial charge >= 0.3 is 6.18 Å². The van der Waals surface area contributed by atoms with Crippen LogP contribution in [0.4, 0.5) is 13.2 Å². The summed E-state index contributed by atoms with van der Waals surface area (Å²) in [6.45, 7) is 0.708. The number of aliphatic hydroxyl groups is 1. The number of nitrogens with zero attached hydrogens (tertiary/aromatic N) is 1. The molecule has 1 atom stereocenters. The van der Waals surface area contributed by atoms with E-state index in [9.17, 15) is 13.2 Å². The molecule has 1 aromatic rings. The van der Waals surface area contributed by atoms with Gasteiger partial charge in [0.2, 0.25) is 0 Å². The van der Waals surface area contributed by atoms with Gasteiger partial charge in [0.15, 0.2) is 6.10 Å². The number of rotatable bonds is 4. The molecule has 0 fully saturated rings. The van der Waals surface area contributed by atoms with Gasteiger partial charge < -0.3 is 15.1 Å². The highest BCUT2D eigenvalue weighted by atomic mass is 19.4. The summed E-state index contributed by atoms with van der Waals surface area (Å²) in [6, 6.07) is 5.91. The van der Waals surface area contributed by atoms with Gasteiger partial charge in [0.1, 0.15) is 12.4 Å². The van der Waals surface area contributed by atoms with E-state index in [0.717, 1.165) is 0 Å². The van der Waals surface area contributed by atoms with E-state index in [0.29, 0.717) is 11.3 Å². The zero-order chi connectivity index (χ0) is 13.8. The summed E-state index contributed by atoms with van der Waals surface area (Å²) in [4.78, 5) is 0. The van der Waals surface area contributed by atoms with Gasteiger partial charge in [-0.25, -0.2) is 0 Å². The first-order valence-electron chi connectivity index (χ1n) is 5.01. The maximum absolute atomic E-state index is 12.0. The van der Waals surface area contributed by atoms with Crippen LogP contribution < -0.4 is 4.74 Å². The van der Waals surface area contributed by atoms with Gasteiger partial charge in [0.05, 0.1) is 5.71 Å². The summed E-state index contributed by atoms with van der Waals surface area (Å²) in [7, 11) is 0. The largest absolute Gasteiger partial charge is 0.491 e. The monoisotopic (exact) mass is 263 g/mol. The van der Waals surface area contributed by atoms with Crippen LogP contribution in [0, 0.1) is 0 Å². The van der Waals surface area contributed by atoms with Crippen molar-refractivity contribution in [3.8, 4) is 5.75 Å². The highest BCUT2D eigenvalue weighted by Gasteiger charge is 2.38. The molecule has 100 valence electrons. The van der Waals surface area contributed by atoms with Crippen LogP contribution in [0.1, 0.15) is 12.5 Å². The molecular formula is C11H12F3NO3. The predicted molar refractivity (Wildman–Crippen MR) is 58.0 cm³/mol. The fourth-order valence-electron chi connectivity index (χ4n) is 1.12. The fraction of sp³-hybridized carbons (Fsp3) is 0.364. The Hall–Kier alpha value is -1.76. The maximum atomic E-state index is 12.0. The van der Waals surface area contributed by atoms with Gasteiger partial charge in [-0.15, -0.1) is 0 Å². The molecule has 0 amide bonds. The Balaban J connectivity index is 2.60. The molecule has 0 aliphatic heterocycles. The molecule has 0 aliphatic carbocycles. The lowest BCUT2D eigenvalue weighted by Crippen LogP contribution is -2.34. The van der Waals surface area contributed by atoms with Gasteiger partial charge in [-0.2, -0.15) is 13.2 Å². The number of hydrogen-bond donors (Lipinski definition) is 2. The smallest absolute Gasteiger partial charge is 0.417 e. The minimum Gasteiger partial charge on any atom is -0.491 e. The Morgan fingerprint density at radius 2 is 1.89 bits per heavy atom. The molecule has 0 bridgehead atoms. The molecule has 0 heterocycles. The molecule has 18 heavy (non-hydrogen) atoms. The number of benzene rings is 1. The molecule has 7 heteroatoms. The number of aliphatic hydroxyl groups excluding tert-OH is 1. The molecule has 4 nitrogen and oxygen atoms in total. The first-order valence-corrected chi connectivity index (χ1v) is 5.01. The molecule has 0 saturated heterocycles. The second-order valence-electron chi connectivity index (χ2n) is 3.58.